The van der Waals surface area contributed by atoms with E-state index in [1.807, 2.05) is 0 Å². The van der Waals surface area contributed by atoms with E-state index in [4.69, 9.17) is 16.7 Å². The summed E-state index contributed by atoms with van der Waals surface area (Å²) in [4.78, 5) is 34.8. The van der Waals surface area contributed by atoms with Gasteiger partial charge >= 0.3 is 5.97 Å². The molecule has 2 N–H and O–H groups in total. The van der Waals surface area contributed by atoms with E-state index in [2.05, 4.69) is 0 Å². The number of pyridine rings is 1. The molecule has 3 rings (SSSR count). The normalized spacial score (nSPS) is 11.6. The molecule has 2 aromatic carbocycles. The molecular weight excluding hydrogens is 389 g/mol. The molecular formula is C20H13ClFNO5. The van der Waals surface area contributed by atoms with Crippen LogP contribution in [0.4, 0.5) is 4.39 Å². The number of hydrogen-bond donors (Lipinski definition) is 2. The van der Waals surface area contributed by atoms with Gasteiger partial charge in [0.25, 0.3) is 5.78 Å². The Bertz CT molecular complexity index is 1180. The van der Waals surface area contributed by atoms with Crippen LogP contribution in [0.15, 0.2) is 59.5 Å². The van der Waals surface area contributed by atoms with Crippen LogP contribution in [0.25, 0.3) is 16.7 Å². The number of aliphatic carboxylic acids is 1. The van der Waals surface area contributed by atoms with Crippen LogP contribution >= 0.6 is 11.6 Å². The van der Waals surface area contributed by atoms with Crippen LogP contribution in [0.3, 0.4) is 0 Å². The number of aliphatic hydroxyl groups is 1. The molecule has 6 nitrogen and oxygen atoms in total. The second-order valence-electron chi connectivity index (χ2n) is 5.99. The van der Waals surface area contributed by atoms with Crippen LogP contribution in [0.5, 0.6) is 0 Å². The lowest BCUT2D eigenvalue weighted by Crippen LogP contribution is -2.16. The second-order valence-corrected chi connectivity index (χ2v) is 6.42. The molecule has 0 bridgehead atoms. The molecule has 3 aromatic rings. The summed E-state index contributed by atoms with van der Waals surface area (Å²) in [6.45, 7) is 0.228. The van der Waals surface area contributed by atoms with Gasteiger partial charge in [0.1, 0.15) is 11.6 Å². The third-order valence-electron chi connectivity index (χ3n) is 4.06. The van der Waals surface area contributed by atoms with Gasteiger partial charge in [0.05, 0.1) is 11.1 Å². The molecule has 8 heteroatoms. The van der Waals surface area contributed by atoms with E-state index < -0.39 is 28.8 Å². The van der Waals surface area contributed by atoms with Crippen molar-refractivity contribution in [3.63, 3.8) is 0 Å². The van der Waals surface area contributed by atoms with E-state index in [-0.39, 0.29) is 17.5 Å². The van der Waals surface area contributed by atoms with Crippen LogP contribution in [0.1, 0.15) is 11.1 Å². The number of benzene rings is 2. The molecule has 0 saturated carbocycles. The number of halogens is 2. The number of aromatic nitrogens is 1. The largest absolute Gasteiger partial charge is 0.507 e. The molecule has 0 atom stereocenters. The van der Waals surface area contributed by atoms with Gasteiger partial charge in [-0.15, -0.1) is 0 Å². The quantitative estimate of drug-likeness (QED) is 0.388. The highest BCUT2D eigenvalue weighted by atomic mass is 35.5. The van der Waals surface area contributed by atoms with Crippen molar-refractivity contribution in [2.75, 3.05) is 0 Å². The standard InChI is InChI=1S/C20H13ClFNO5/c21-12-3-6-16-14(7-12)19(26)15(17(24)8-18(25)20(27)28)10-23(16)9-11-1-4-13(22)5-2-11/h1-8,10,24H,9H2,(H,27,28)/b17-8-. The number of hydrogen-bond acceptors (Lipinski definition) is 4. The van der Waals surface area contributed by atoms with Crippen molar-refractivity contribution in [3.05, 3.63) is 86.9 Å². The van der Waals surface area contributed by atoms with Crippen LogP contribution in [0, 0.1) is 5.82 Å². The topological polar surface area (TPSA) is 96.6 Å². The van der Waals surface area contributed by atoms with Crippen LogP contribution in [0.2, 0.25) is 5.02 Å². The molecule has 1 aromatic heterocycles. The summed E-state index contributed by atoms with van der Waals surface area (Å²) in [5.41, 5.74) is 0.350. The first kappa shape index (κ1) is 19.3. The van der Waals surface area contributed by atoms with Crippen LogP contribution in [-0.4, -0.2) is 26.5 Å². The summed E-state index contributed by atoms with van der Waals surface area (Å²) in [7, 11) is 0. The number of carbonyl (C=O) groups excluding carboxylic acids is 1. The summed E-state index contributed by atoms with van der Waals surface area (Å²) in [6.07, 6.45) is 1.78. The first-order valence-corrected chi connectivity index (χ1v) is 8.39. The molecule has 0 radical (unpaired) electrons. The average molecular weight is 402 g/mol. The Kier molecular flexibility index (Phi) is 5.28. The Morgan fingerprint density at radius 3 is 2.43 bits per heavy atom. The van der Waals surface area contributed by atoms with Crippen molar-refractivity contribution in [3.8, 4) is 0 Å². The minimum Gasteiger partial charge on any atom is -0.507 e. The minimum absolute atomic E-state index is 0.176. The van der Waals surface area contributed by atoms with E-state index in [1.54, 1.807) is 28.8 Å². The summed E-state index contributed by atoms with van der Waals surface area (Å²) in [5, 5.41) is 19.3. The van der Waals surface area contributed by atoms with E-state index in [0.717, 1.165) is 5.56 Å². The number of aliphatic hydroxyl groups excluding tert-OH is 1. The van der Waals surface area contributed by atoms with Gasteiger partial charge in [-0.1, -0.05) is 23.7 Å². The van der Waals surface area contributed by atoms with E-state index in [9.17, 15) is 23.9 Å². The predicted molar refractivity (Wildman–Crippen MR) is 102 cm³/mol. The maximum absolute atomic E-state index is 13.1. The fourth-order valence-electron chi connectivity index (χ4n) is 2.73. The molecule has 0 fully saturated rings. The number of carboxylic acids is 1. The Hall–Kier alpha value is -3.45. The zero-order valence-electron chi connectivity index (χ0n) is 14.2. The average Bonchev–Trinajstić information content (AvgIpc) is 2.65. The number of rotatable bonds is 5. The Balaban J connectivity index is 2.21. The fourth-order valence-corrected chi connectivity index (χ4v) is 2.91. The first-order valence-electron chi connectivity index (χ1n) is 8.01. The summed E-state index contributed by atoms with van der Waals surface area (Å²) < 4.78 is 14.8. The number of carbonyl (C=O) groups is 2. The van der Waals surface area contributed by atoms with Crippen molar-refractivity contribution in [1.82, 2.24) is 4.57 Å². The highest BCUT2D eigenvalue weighted by Gasteiger charge is 2.16. The second kappa shape index (κ2) is 7.66. The molecule has 0 spiro atoms. The van der Waals surface area contributed by atoms with Crippen LogP contribution in [-0.2, 0) is 16.1 Å². The van der Waals surface area contributed by atoms with Gasteiger partial charge in [-0.25, -0.2) is 9.18 Å². The maximum Gasteiger partial charge on any atom is 0.376 e. The van der Waals surface area contributed by atoms with Crippen LogP contribution < -0.4 is 5.43 Å². The molecule has 0 aliphatic carbocycles. The zero-order chi connectivity index (χ0) is 20.4. The first-order chi connectivity index (χ1) is 13.3. The minimum atomic E-state index is -1.76. The molecule has 28 heavy (non-hydrogen) atoms. The lowest BCUT2D eigenvalue weighted by molar-refractivity contribution is -0.146. The SMILES string of the molecule is O=C(O)C(=O)/C=C(\O)c1cn(Cc2ccc(F)cc2)c2ccc(Cl)cc2c1=O. The molecule has 1 heterocycles. The Labute approximate surface area is 162 Å². The van der Waals surface area contributed by atoms with Crippen molar-refractivity contribution >= 4 is 40.0 Å². The summed E-state index contributed by atoms with van der Waals surface area (Å²) in [5.74, 6) is -4.30. The highest BCUT2D eigenvalue weighted by molar-refractivity contribution is 6.38. The van der Waals surface area contributed by atoms with Gasteiger partial charge in [0, 0.05) is 29.2 Å². The number of nitrogens with zero attached hydrogens (tertiary/aromatic N) is 1. The Morgan fingerprint density at radius 2 is 1.79 bits per heavy atom. The van der Waals surface area contributed by atoms with Crippen molar-refractivity contribution < 1.29 is 24.2 Å². The highest BCUT2D eigenvalue weighted by Crippen LogP contribution is 2.21. The monoisotopic (exact) mass is 401 g/mol. The Morgan fingerprint density at radius 1 is 1.11 bits per heavy atom. The smallest absolute Gasteiger partial charge is 0.376 e. The molecule has 0 amide bonds. The summed E-state index contributed by atoms with van der Waals surface area (Å²) in [6, 6.07) is 10.3. The zero-order valence-corrected chi connectivity index (χ0v) is 15.0. The van der Waals surface area contributed by atoms with E-state index in [1.165, 1.54) is 24.4 Å². The molecule has 142 valence electrons. The lowest BCUT2D eigenvalue weighted by atomic mass is 10.1. The lowest BCUT2D eigenvalue weighted by Gasteiger charge is -2.14. The number of fused-ring (bicyclic) bond motifs is 1. The van der Waals surface area contributed by atoms with Crippen molar-refractivity contribution in [2.24, 2.45) is 0 Å². The summed E-state index contributed by atoms with van der Waals surface area (Å²) >= 11 is 5.98. The van der Waals surface area contributed by atoms with E-state index >= 15 is 0 Å². The maximum atomic E-state index is 13.1. The van der Waals surface area contributed by atoms with E-state index in [0.29, 0.717) is 16.6 Å². The fraction of sp³-hybridized carbons (Fsp3) is 0.0500. The predicted octanol–water partition coefficient (Wildman–Crippen LogP) is 3.39. The number of ketones is 1. The molecule has 0 aliphatic rings. The van der Waals surface area contributed by atoms with Crippen molar-refractivity contribution in [2.45, 2.75) is 6.54 Å². The molecule has 0 aliphatic heterocycles. The molecule has 0 saturated heterocycles. The van der Waals surface area contributed by atoms with Gasteiger partial charge in [-0.2, -0.15) is 0 Å². The van der Waals surface area contributed by atoms with Gasteiger partial charge in [-0.3, -0.25) is 9.59 Å². The van der Waals surface area contributed by atoms with Gasteiger partial charge in [-0.05, 0) is 35.9 Å². The third-order valence-corrected chi connectivity index (χ3v) is 4.30. The van der Waals surface area contributed by atoms with Gasteiger partial charge in [0.2, 0.25) is 0 Å². The number of carboxylic acid groups (broad SMARTS) is 1. The van der Waals surface area contributed by atoms with Gasteiger partial charge in [0.15, 0.2) is 5.43 Å². The van der Waals surface area contributed by atoms with Gasteiger partial charge < -0.3 is 14.8 Å². The van der Waals surface area contributed by atoms with Crippen molar-refractivity contribution in [1.29, 1.82) is 0 Å². The molecule has 0 unspecified atom stereocenters. The third kappa shape index (κ3) is 3.94.